The molecule has 0 bridgehead atoms. The predicted molar refractivity (Wildman–Crippen MR) is 136 cm³/mol. The van der Waals surface area contributed by atoms with Crippen LogP contribution in [0.15, 0.2) is 49.1 Å². The third-order valence-corrected chi connectivity index (χ3v) is 7.12. The second-order valence-electron chi connectivity index (χ2n) is 10.4. The highest BCUT2D eigenvalue weighted by molar-refractivity contribution is 6.48. The minimum absolute atomic E-state index is 0.160. The van der Waals surface area contributed by atoms with Gasteiger partial charge in [-0.2, -0.15) is 0 Å². The maximum atomic E-state index is 6.67. The lowest BCUT2D eigenvalue weighted by molar-refractivity contribution is -0.158. The Labute approximate surface area is 207 Å². The molecule has 2 N–H and O–H groups in total. The van der Waals surface area contributed by atoms with E-state index in [1.165, 1.54) is 6.33 Å². The van der Waals surface area contributed by atoms with Gasteiger partial charge < -0.3 is 24.4 Å². The Hall–Kier alpha value is -2.63. The first-order chi connectivity index (χ1) is 16.7. The van der Waals surface area contributed by atoms with Gasteiger partial charge in [-0.25, -0.2) is 15.0 Å². The smallest absolute Gasteiger partial charge is 0.178 e. The van der Waals surface area contributed by atoms with Crippen LogP contribution in [-0.2, 0) is 18.6 Å². The van der Waals surface area contributed by atoms with Crippen LogP contribution in [0.2, 0.25) is 13.1 Å². The zero-order chi connectivity index (χ0) is 24.7. The molecule has 2 fully saturated rings. The van der Waals surface area contributed by atoms with Gasteiger partial charge in [0.05, 0.1) is 12.4 Å². The Morgan fingerprint density at radius 3 is 2.51 bits per heavy atom. The summed E-state index contributed by atoms with van der Waals surface area (Å²) in [5, 5.41) is 0. The summed E-state index contributed by atoms with van der Waals surface area (Å²) in [6.07, 6.45) is 4.87. The zero-order valence-electron chi connectivity index (χ0n) is 20.7. The van der Waals surface area contributed by atoms with Crippen LogP contribution in [0.5, 0.6) is 0 Å². The van der Waals surface area contributed by atoms with Gasteiger partial charge in [-0.15, -0.1) is 0 Å². The Morgan fingerprint density at radius 1 is 1.06 bits per heavy atom. The summed E-state index contributed by atoms with van der Waals surface area (Å²) >= 11 is 0. The van der Waals surface area contributed by atoms with Crippen LogP contribution in [0.3, 0.4) is 0 Å². The van der Waals surface area contributed by atoms with E-state index in [1.54, 1.807) is 6.33 Å². The molecule has 3 aromatic rings. The summed E-state index contributed by atoms with van der Waals surface area (Å²) in [4.78, 5) is 12.9. The molecule has 0 amide bonds. The fourth-order valence-corrected chi connectivity index (χ4v) is 5.89. The highest BCUT2D eigenvalue weighted by atomic mass is 28.3. The summed E-state index contributed by atoms with van der Waals surface area (Å²) < 4.78 is 27.9. The van der Waals surface area contributed by atoms with Crippen molar-refractivity contribution in [1.82, 2.24) is 19.5 Å². The average Bonchev–Trinajstić information content (AvgIpc) is 3.50. The molecule has 10 heteroatoms. The van der Waals surface area contributed by atoms with Crippen molar-refractivity contribution in [3.8, 4) is 0 Å². The molecule has 6 unspecified atom stereocenters. The number of rotatable bonds is 6. The van der Waals surface area contributed by atoms with Crippen molar-refractivity contribution in [2.75, 3.05) is 5.73 Å². The van der Waals surface area contributed by atoms with Crippen LogP contribution in [-0.4, -0.2) is 59.3 Å². The number of fused-ring (bicyclic) bond motifs is 2. The maximum Gasteiger partial charge on any atom is 0.178 e. The maximum absolute atomic E-state index is 6.67. The molecule has 9 nitrogen and oxygen atoms in total. The van der Waals surface area contributed by atoms with Crippen LogP contribution >= 0.6 is 0 Å². The number of imidazole rings is 1. The van der Waals surface area contributed by atoms with E-state index in [2.05, 4.69) is 48.8 Å². The first kappa shape index (κ1) is 24.1. The van der Waals surface area contributed by atoms with Gasteiger partial charge in [-0.3, -0.25) is 4.57 Å². The van der Waals surface area contributed by atoms with Crippen molar-refractivity contribution < 1.29 is 18.6 Å². The highest BCUT2D eigenvalue weighted by Crippen LogP contribution is 2.45. The second-order valence-corrected chi connectivity index (χ2v) is 12.8. The summed E-state index contributed by atoms with van der Waals surface area (Å²) in [5.41, 5.74) is 8.08. The summed E-state index contributed by atoms with van der Waals surface area (Å²) in [6.45, 7) is 10.8. The summed E-state index contributed by atoms with van der Waals surface area (Å²) in [6, 6.07) is 10.1. The molecule has 2 aliphatic heterocycles. The molecule has 0 aliphatic carbocycles. The molecule has 186 valence electrons. The fraction of sp³-hybridized carbons (Fsp3) is 0.480. The lowest BCUT2D eigenvalue weighted by atomic mass is 9.84. The van der Waals surface area contributed by atoms with Gasteiger partial charge in [0.1, 0.15) is 30.2 Å². The lowest BCUT2D eigenvalue weighted by Gasteiger charge is -2.38. The molecule has 5 rings (SSSR count). The van der Waals surface area contributed by atoms with E-state index in [9.17, 15) is 0 Å². The minimum Gasteiger partial charge on any atom is -0.414 e. The number of ether oxygens (including phenoxy) is 3. The SMILES string of the molecule is C[SiH](C)OC(C1OC(n2cnc3c(N)ncnc32)C2OC(/C=C/c3ccccc3)OC21)C(C)(C)C. The lowest BCUT2D eigenvalue weighted by Crippen LogP contribution is -2.48. The van der Waals surface area contributed by atoms with Gasteiger partial charge >= 0.3 is 0 Å². The number of nitrogen functional groups attached to an aromatic ring is 1. The van der Waals surface area contributed by atoms with Crippen LogP contribution in [0.4, 0.5) is 5.82 Å². The molecule has 6 atom stereocenters. The average molecular weight is 496 g/mol. The second kappa shape index (κ2) is 9.44. The third kappa shape index (κ3) is 4.76. The summed E-state index contributed by atoms with van der Waals surface area (Å²) in [7, 11) is -1.37. The molecular weight excluding hydrogens is 462 g/mol. The largest absolute Gasteiger partial charge is 0.414 e. The zero-order valence-corrected chi connectivity index (χ0v) is 21.9. The highest BCUT2D eigenvalue weighted by Gasteiger charge is 2.57. The van der Waals surface area contributed by atoms with Crippen molar-refractivity contribution in [3.05, 3.63) is 54.6 Å². The third-order valence-electron chi connectivity index (χ3n) is 6.29. The molecule has 2 aliphatic rings. The van der Waals surface area contributed by atoms with Gasteiger partial charge in [0, 0.05) is 0 Å². The molecule has 2 saturated heterocycles. The Kier molecular flexibility index (Phi) is 6.49. The van der Waals surface area contributed by atoms with Crippen molar-refractivity contribution >= 4 is 32.1 Å². The van der Waals surface area contributed by atoms with Gasteiger partial charge in [0.25, 0.3) is 0 Å². The number of nitrogens with zero attached hydrogens (tertiary/aromatic N) is 4. The molecular formula is C25H33N5O4Si. The molecule has 35 heavy (non-hydrogen) atoms. The molecule has 0 spiro atoms. The molecule has 0 saturated carbocycles. The van der Waals surface area contributed by atoms with Crippen LogP contribution < -0.4 is 5.73 Å². The van der Waals surface area contributed by atoms with E-state index >= 15 is 0 Å². The van der Waals surface area contributed by atoms with Crippen LogP contribution in [0, 0.1) is 5.41 Å². The Bertz CT molecular complexity index is 1200. The van der Waals surface area contributed by atoms with E-state index in [0.29, 0.717) is 17.0 Å². The van der Waals surface area contributed by atoms with E-state index in [4.69, 9.17) is 24.4 Å². The van der Waals surface area contributed by atoms with Crippen molar-refractivity contribution in [1.29, 1.82) is 0 Å². The Morgan fingerprint density at radius 2 is 1.80 bits per heavy atom. The minimum atomic E-state index is -1.37. The molecule has 0 radical (unpaired) electrons. The van der Waals surface area contributed by atoms with E-state index in [0.717, 1.165) is 5.56 Å². The van der Waals surface area contributed by atoms with Crippen molar-refractivity contribution in [2.45, 2.75) is 70.8 Å². The number of hydrogen-bond donors (Lipinski definition) is 1. The van der Waals surface area contributed by atoms with Crippen molar-refractivity contribution in [2.24, 2.45) is 5.41 Å². The number of anilines is 1. The number of nitrogens with two attached hydrogens (primary N) is 1. The standard InChI is InChI=1S/C25H33N5O4Si/c1-25(2,3)21(34-35(4)5)19-18-20(32-16(31-18)12-11-15-9-7-6-8-10-15)24(33-19)30-14-29-17-22(26)27-13-28-23(17)30/h6-14,16,18-21,24,35H,1-5H3,(H2,26,27,28)/b12-11+. The predicted octanol–water partition coefficient (Wildman–Crippen LogP) is 3.54. The number of benzene rings is 1. The van der Waals surface area contributed by atoms with Gasteiger partial charge in [-0.1, -0.05) is 57.2 Å². The topological polar surface area (TPSA) is 107 Å². The summed E-state index contributed by atoms with van der Waals surface area (Å²) in [5.74, 6) is 0.328. The molecule has 1 aromatic carbocycles. The van der Waals surface area contributed by atoms with E-state index in [1.807, 2.05) is 47.1 Å². The number of aromatic nitrogens is 4. The molecule has 2 aromatic heterocycles. The molecule has 4 heterocycles. The van der Waals surface area contributed by atoms with Gasteiger partial charge in [0.2, 0.25) is 0 Å². The normalized spacial score (nSPS) is 27.8. The quantitative estimate of drug-likeness (QED) is 0.518. The van der Waals surface area contributed by atoms with E-state index < -0.39 is 21.6 Å². The first-order valence-corrected chi connectivity index (χ1v) is 14.8. The first-order valence-electron chi connectivity index (χ1n) is 12.0. The van der Waals surface area contributed by atoms with Gasteiger partial charge in [-0.05, 0) is 30.1 Å². The van der Waals surface area contributed by atoms with E-state index in [-0.39, 0.29) is 29.8 Å². The van der Waals surface area contributed by atoms with Crippen LogP contribution in [0.25, 0.3) is 17.2 Å². The monoisotopic (exact) mass is 495 g/mol. The fourth-order valence-electron chi connectivity index (χ4n) is 4.74. The van der Waals surface area contributed by atoms with Crippen LogP contribution in [0.1, 0.15) is 32.6 Å². The number of hydrogen-bond acceptors (Lipinski definition) is 8. The Balaban J connectivity index is 1.49. The van der Waals surface area contributed by atoms with Crippen molar-refractivity contribution in [3.63, 3.8) is 0 Å². The van der Waals surface area contributed by atoms with Gasteiger partial charge in [0.15, 0.2) is 33.0 Å².